The fourth-order valence-electron chi connectivity index (χ4n) is 5.29. The first kappa shape index (κ1) is 131. The van der Waals surface area contributed by atoms with Crippen molar-refractivity contribution in [3.05, 3.63) is 144 Å². The molecule has 2 N–H and O–H groups in total. The Balaban J connectivity index is -0.0000000505. The molecule has 0 atom stereocenters. The van der Waals surface area contributed by atoms with Crippen LogP contribution in [0, 0.1) is 5.41 Å². The van der Waals surface area contributed by atoms with E-state index in [4.69, 9.17) is 9.47 Å². The van der Waals surface area contributed by atoms with Crippen LogP contribution in [0.3, 0.4) is 0 Å². The van der Waals surface area contributed by atoms with E-state index in [-0.39, 0.29) is 80.9 Å². The van der Waals surface area contributed by atoms with Crippen molar-refractivity contribution in [2.45, 2.75) is 375 Å². The molecule has 0 saturated heterocycles. The van der Waals surface area contributed by atoms with Crippen molar-refractivity contribution in [2.75, 3.05) is 40.8 Å². The fourth-order valence-corrected chi connectivity index (χ4v) is 5.95. The van der Waals surface area contributed by atoms with Crippen molar-refractivity contribution >= 4 is 23.5 Å². The number of methoxy groups -OCH3 is 2. The van der Waals surface area contributed by atoms with E-state index in [0.717, 1.165) is 6.42 Å². The van der Waals surface area contributed by atoms with Gasteiger partial charge in [0.1, 0.15) is 0 Å². The molecule has 0 aliphatic heterocycles. The minimum Gasteiger partial charge on any atom is -0.379 e. The number of hydrogen-bond donors (Lipinski definition) is 2. The third kappa shape index (κ3) is 83.6. The molecular formula is C87H184N2O2S2. The van der Waals surface area contributed by atoms with E-state index in [0.29, 0.717) is 21.1 Å². The van der Waals surface area contributed by atoms with Gasteiger partial charge in [0, 0.05) is 34.8 Å². The minimum atomic E-state index is -0.165. The molecule has 4 nitrogen and oxygen atoms in total. The molecule has 0 fully saturated rings. The van der Waals surface area contributed by atoms with Crippen molar-refractivity contribution in [3.8, 4) is 0 Å². The second kappa shape index (κ2) is 78.4. The van der Waals surface area contributed by atoms with Crippen LogP contribution in [0.2, 0.25) is 0 Å². The Morgan fingerprint density at radius 2 is 0.634 bits per heavy atom. The average Bonchev–Trinajstić information content (AvgIpc) is 3.19. The van der Waals surface area contributed by atoms with Crippen LogP contribution in [0.15, 0.2) is 121 Å². The molecule has 0 unspecified atom stereocenters. The molecule has 0 aromatic heterocycles. The highest BCUT2D eigenvalue weighted by Gasteiger charge is 2.20. The highest BCUT2D eigenvalue weighted by Crippen LogP contribution is 2.33. The summed E-state index contributed by atoms with van der Waals surface area (Å²) in [5.74, 6) is 0. The zero-order valence-electron chi connectivity index (χ0n) is 64.0. The van der Waals surface area contributed by atoms with Crippen LogP contribution in [0.25, 0.3) is 0 Å². The van der Waals surface area contributed by atoms with E-state index in [9.17, 15) is 0 Å². The molecule has 4 aromatic carbocycles. The molecular weight excluding hydrogens is 1170 g/mol. The summed E-state index contributed by atoms with van der Waals surface area (Å²) in [5.41, 5.74) is 6.64. The van der Waals surface area contributed by atoms with E-state index in [1.807, 2.05) is 61.9 Å². The van der Waals surface area contributed by atoms with Crippen molar-refractivity contribution < 1.29 is 9.47 Å². The zero-order chi connectivity index (χ0) is 68.5. The third-order valence-corrected chi connectivity index (χ3v) is 17.4. The Kier molecular flexibility index (Phi) is 110. The van der Waals surface area contributed by atoms with Gasteiger partial charge in [0.2, 0.25) is 0 Å². The number of ether oxygens (including phenoxy) is 2. The summed E-state index contributed by atoms with van der Waals surface area (Å²) in [5, 5.41) is 6.45. The van der Waals surface area contributed by atoms with Crippen LogP contribution >= 0.6 is 23.5 Å². The summed E-state index contributed by atoms with van der Waals surface area (Å²) in [4.78, 5) is 0. The number of hydrogen-bond acceptors (Lipinski definition) is 6. The first-order valence-electron chi connectivity index (χ1n) is 33.1. The van der Waals surface area contributed by atoms with Gasteiger partial charge in [-0.05, 0) is 155 Å². The molecule has 0 radical (unpaired) electrons. The molecule has 0 aliphatic carbocycles. The SMILES string of the molecule is C.C.C.C.C.C.C.C.CCC.CCC.CCC.CCC.CCC(C)(C)CC.CCC(C)(C)NC.CCC(C)(C)OC.CCC(C)(C)SC.CCCC(C)(C)c1ccccc1.CNC(C)(C)c1ccccc1.COC(C)(C)c1ccccc1.CSC(C)(C)c1ccccc1. The topological polar surface area (TPSA) is 42.5 Å². The summed E-state index contributed by atoms with van der Waals surface area (Å²) in [6.07, 6.45) is 17.9. The predicted molar refractivity (Wildman–Crippen MR) is 457 cm³/mol. The van der Waals surface area contributed by atoms with Crippen LogP contribution in [-0.4, -0.2) is 56.7 Å². The summed E-state index contributed by atoms with van der Waals surface area (Å²) >= 11 is 3.81. The maximum absolute atomic E-state index is 5.32. The lowest BCUT2D eigenvalue weighted by molar-refractivity contribution is 0.0191. The van der Waals surface area contributed by atoms with Crippen LogP contribution in [0.5, 0.6) is 0 Å². The molecule has 566 valence electrons. The molecule has 4 aromatic rings. The van der Waals surface area contributed by atoms with Crippen LogP contribution in [0.4, 0.5) is 0 Å². The van der Waals surface area contributed by atoms with Crippen LogP contribution in [-0.2, 0) is 30.8 Å². The highest BCUT2D eigenvalue weighted by molar-refractivity contribution is 8.00. The largest absolute Gasteiger partial charge is 0.379 e. The quantitative estimate of drug-likeness (QED) is 0.110. The van der Waals surface area contributed by atoms with E-state index in [1.165, 1.54) is 86.5 Å². The minimum absolute atomic E-state index is 0. The lowest BCUT2D eigenvalue weighted by Crippen LogP contribution is -2.34. The van der Waals surface area contributed by atoms with Gasteiger partial charge in [0.05, 0.1) is 11.2 Å². The smallest absolute Gasteiger partial charge is 0.0871 e. The predicted octanol–water partition coefficient (Wildman–Crippen LogP) is 31.1. The first-order chi connectivity index (χ1) is 39.3. The number of benzene rings is 4. The van der Waals surface area contributed by atoms with Crippen molar-refractivity contribution in [1.82, 2.24) is 10.6 Å². The number of thioether (sulfide) groups is 2. The first-order valence-corrected chi connectivity index (χ1v) is 35.6. The molecule has 0 spiro atoms. The monoisotopic (exact) mass is 1350 g/mol. The van der Waals surface area contributed by atoms with Crippen LogP contribution < -0.4 is 10.6 Å². The van der Waals surface area contributed by atoms with Crippen molar-refractivity contribution in [1.29, 1.82) is 0 Å². The summed E-state index contributed by atoms with van der Waals surface area (Å²) < 4.78 is 11.2. The second-order valence-electron chi connectivity index (χ2n) is 26.2. The van der Waals surface area contributed by atoms with Gasteiger partial charge in [-0.2, -0.15) is 23.5 Å². The van der Waals surface area contributed by atoms with Gasteiger partial charge in [-0.3, -0.25) is 0 Å². The summed E-state index contributed by atoms with van der Waals surface area (Å²) in [7, 11) is 7.44. The van der Waals surface area contributed by atoms with E-state index < -0.39 is 0 Å². The summed E-state index contributed by atoms with van der Waals surface area (Å²) in [6.45, 7) is 65.4. The Hall–Kier alpha value is -2.58. The third-order valence-electron chi connectivity index (χ3n) is 14.8. The van der Waals surface area contributed by atoms with Gasteiger partial charge >= 0.3 is 0 Å². The maximum Gasteiger partial charge on any atom is 0.0871 e. The van der Waals surface area contributed by atoms with Gasteiger partial charge in [-0.25, -0.2) is 0 Å². The van der Waals surface area contributed by atoms with Gasteiger partial charge in [-0.15, -0.1) is 0 Å². The second-order valence-corrected chi connectivity index (χ2v) is 29.2. The zero-order valence-corrected chi connectivity index (χ0v) is 65.6. The molecule has 0 aliphatic rings. The molecule has 0 heterocycles. The molecule has 0 saturated carbocycles. The van der Waals surface area contributed by atoms with Gasteiger partial charge in [0.25, 0.3) is 0 Å². The highest BCUT2D eigenvalue weighted by atomic mass is 32.2. The van der Waals surface area contributed by atoms with Crippen molar-refractivity contribution in [2.24, 2.45) is 5.41 Å². The Bertz CT molecular complexity index is 1670. The van der Waals surface area contributed by atoms with Gasteiger partial charge < -0.3 is 20.1 Å². The number of rotatable bonds is 17. The van der Waals surface area contributed by atoms with E-state index in [2.05, 4.69) is 328 Å². The molecule has 4 rings (SSSR count). The summed E-state index contributed by atoms with van der Waals surface area (Å²) in [6, 6.07) is 42.0. The average molecular weight is 1350 g/mol. The molecule has 93 heavy (non-hydrogen) atoms. The fraction of sp³-hybridized carbons (Fsp3) is 0.724. The molecule has 0 amide bonds. The van der Waals surface area contributed by atoms with Gasteiger partial charge in [-0.1, -0.05) is 364 Å². The Morgan fingerprint density at radius 1 is 0.344 bits per heavy atom. The van der Waals surface area contributed by atoms with E-state index >= 15 is 0 Å². The lowest BCUT2D eigenvalue weighted by atomic mass is 9.81. The van der Waals surface area contributed by atoms with Crippen LogP contribution in [0.1, 0.15) is 360 Å². The molecule has 6 heteroatoms. The number of nitrogens with one attached hydrogen (secondary N) is 2. The molecule has 0 bridgehead atoms. The van der Waals surface area contributed by atoms with E-state index in [1.54, 1.807) is 14.2 Å². The normalized spacial score (nSPS) is 9.98. The van der Waals surface area contributed by atoms with Crippen molar-refractivity contribution in [3.63, 3.8) is 0 Å². The lowest BCUT2D eigenvalue weighted by Gasteiger charge is -2.24. The Labute approximate surface area is 604 Å². The van der Waals surface area contributed by atoms with Gasteiger partial charge in [0.15, 0.2) is 0 Å². The maximum atomic E-state index is 5.32. The standard InChI is InChI=1S/C12H18.C10H15N.C10H14O.C10H14S.C7H16.C6H15N.C6H14O.C6H14S.4C3H8.8CH4/c1-4-10-12(2,3)11-8-6-5-7-9-11;3*1-10(2,11-3)9-7-5-4-6-8-9;1-5-7(3,4)6-2;3*1-5-6(2,3)7-4;4*1-3-2;;;;;;;;/h5-9H,4,10H2,1-3H3;4-8,11H,1-3H3;2*4-8H,1-3H3;5-6H2,1-4H3;7H,5H2,1-4H3;2*5H2,1-4H3;4*3H2,1-2H3;8*1H4. The Morgan fingerprint density at radius 3 is 0.796 bits per heavy atom.